The standard InChI is InChI=1S/C26H23N3O2/c1-17(2)19-8-10-20(11-9-19)24-23-16-22(31-13-12-27)15-21(25(23)29-26(30)28-24)14-18-6-4-3-5-7-18/h3-11,15-17H,13-14H2,1-2H3,(H,28,29,30). The summed E-state index contributed by atoms with van der Waals surface area (Å²) < 4.78 is 5.63. The second-order valence-electron chi connectivity index (χ2n) is 7.78. The highest BCUT2D eigenvalue weighted by molar-refractivity contribution is 5.95. The average Bonchev–Trinajstić information content (AvgIpc) is 2.78. The Hall–Kier alpha value is -3.91. The molecule has 5 nitrogen and oxygen atoms in total. The molecule has 4 rings (SSSR count). The number of aromatic nitrogens is 2. The molecule has 1 aromatic heterocycles. The molecule has 4 aromatic rings. The highest BCUT2D eigenvalue weighted by atomic mass is 16.5. The van der Waals surface area contributed by atoms with Gasteiger partial charge in [0.2, 0.25) is 0 Å². The average molecular weight is 409 g/mol. The minimum atomic E-state index is -0.393. The number of hydrogen-bond donors (Lipinski definition) is 1. The molecule has 154 valence electrons. The lowest BCUT2D eigenvalue weighted by Crippen LogP contribution is -2.13. The third-order valence-electron chi connectivity index (χ3n) is 5.28. The van der Waals surface area contributed by atoms with Crippen LogP contribution < -0.4 is 10.4 Å². The monoisotopic (exact) mass is 409 g/mol. The lowest BCUT2D eigenvalue weighted by molar-refractivity contribution is 0.368. The van der Waals surface area contributed by atoms with Crippen LogP contribution in [0.15, 0.2) is 71.5 Å². The molecule has 0 atom stereocenters. The van der Waals surface area contributed by atoms with Crippen molar-refractivity contribution in [2.45, 2.75) is 26.2 Å². The molecule has 1 N–H and O–H groups in total. The van der Waals surface area contributed by atoms with Gasteiger partial charge in [-0.15, -0.1) is 0 Å². The summed E-state index contributed by atoms with van der Waals surface area (Å²) in [6.45, 7) is 4.24. The summed E-state index contributed by atoms with van der Waals surface area (Å²) in [4.78, 5) is 19.7. The Bertz CT molecular complexity index is 1300. The third-order valence-corrected chi connectivity index (χ3v) is 5.28. The van der Waals surface area contributed by atoms with Crippen molar-refractivity contribution in [3.05, 3.63) is 93.9 Å². The number of fused-ring (bicyclic) bond motifs is 1. The Morgan fingerprint density at radius 1 is 1.06 bits per heavy atom. The Morgan fingerprint density at radius 3 is 2.48 bits per heavy atom. The van der Waals surface area contributed by atoms with E-state index in [1.54, 1.807) is 0 Å². The number of hydrogen-bond acceptors (Lipinski definition) is 4. The molecule has 3 aromatic carbocycles. The van der Waals surface area contributed by atoms with Crippen molar-refractivity contribution in [3.8, 4) is 23.1 Å². The summed E-state index contributed by atoms with van der Waals surface area (Å²) in [5, 5.41) is 9.74. The molecular weight excluding hydrogens is 386 g/mol. The number of nitrogens with zero attached hydrogens (tertiary/aromatic N) is 2. The highest BCUT2D eigenvalue weighted by Gasteiger charge is 2.14. The second-order valence-corrected chi connectivity index (χ2v) is 7.78. The topological polar surface area (TPSA) is 78.8 Å². The SMILES string of the molecule is CC(C)c1ccc(-c2[nH]c(=O)nc3c(Cc4ccccc4)cc(OCC#N)cc23)cc1. The van der Waals surface area contributed by atoms with E-state index in [2.05, 4.69) is 35.9 Å². The molecule has 0 spiro atoms. The van der Waals surface area contributed by atoms with Crippen molar-refractivity contribution >= 4 is 10.9 Å². The summed E-state index contributed by atoms with van der Waals surface area (Å²) in [5.74, 6) is 1.000. The van der Waals surface area contributed by atoms with E-state index in [1.807, 2.05) is 60.7 Å². The number of ether oxygens (including phenoxy) is 1. The van der Waals surface area contributed by atoms with Crippen molar-refractivity contribution in [3.63, 3.8) is 0 Å². The van der Waals surface area contributed by atoms with E-state index in [4.69, 9.17) is 10.00 Å². The van der Waals surface area contributed by atoms with Gasteiger partial charge in [-0.3, -0.25) is 0 Å². The van der Waals surface area contributed by atoms with Gasteiger partial charge in [0.1, 0.15) is 11.8 Å². The maximum absolute atomic E-state index is 12.5. The molecule has 31 heavy (non-hydrogen) atoms. The van der Waals surface area contributed by atoms with Gasteiger partial charge in [-0.2, -0.15) is 10.2 Å². The van der Waals surface area contributed by atoms with E-state index in [1.165, 1.54) is 5.56 Å². The summed E-state index contributed by atoms with van der Waals surface area (Å²) in [6, 6.07) is 23.9. The van der Waals surface area contributed by atoms with Crippen LogP contribution in [0.4, 0.5) is 0 Å². The van der Waals surface area contributed by atoms with Crippen LogP contribution >= 0.6 is 0 Å². The largest absolute Gasteiger partial charge is 0.479 e. The van der Waals surface area contributed by atoms with Crippen LogP contribution in [-0.2, 0) is 6.42 Å². The first-order valence-electron chi connectivity index (χ1n) is 10.3. The first-order chi connectivity index (χ1) is 15.0. The van der Waals surface area contributed by atoms with E-state index in [-0.39, 0.29) is 6.61 Å². The smallest absolute Gasteiger partial charge is 0.345 e. The van der Waals surface area contributed by atoms with Gasteiger partial charge in [0, 0.05) is 5.39 Å². The Kier molecular flexibility index (Phi) is 5.81. The van der Waals surface area contributed by atoms with Crippen LogP contribution in [0.1, 0.15) is 36.5 Å². The maximum atomic E-state index is 12.5. The Labute approximate surface area is 181 Å². The fourth-order valence-electron chi connectivity index (χ4n) is 3.70. The number of rotatable bonds is 6. The zero-order valence-corrected chi connectivity index (χ0v) is 17.6. The summed E-state index contributed by atoms with van der Waals surface area (Å²) >= 11 is 0. The number of H-pyrrole nitrogens is 1. The first kappa shape index (κ1) is 20.4. The van der Waals surface area contributed by atoms with Gasteiger partial charge in [-0.1, -0.05) is 68.4 Å². The number of aromatic amines is 1. The van der Waals surface area contributed by atoms with Crippen LogP contribution in [0.2, 0.25) is 0 Å². The molecule has 0 aliphatic rings. The molecule has 0 saturated carbocycles. The lowest BCUT2D eigenvalue weighted by atomic mass is 9.97. The van der Waals surface area contributed by atoms with E-state index in [0.29, 0.717) is 29.3 Å². The zero-order valence-electron chi connectivity index (χ0n) is 17.6. The van der Waals surface area contributed by atoms with Crippen molar-refractivity contribution in [2.75, 3.05) is 6.61 Å². The van der Waals surface area contributed by atoms with Gasteiger partial charge in [0.05, 0.1) is 11.2 Å². The normalized spacial score (nSPS) is 10.9. The molecule has 0 saturated heterocycles. The van der Waals surface area contributed by atoms with Gasteiger partial charge in [0.25, 0.3) is 0 Å². The molecule has 1 heterocycles. The van der Waals surface area contributed by atoms with Gasteiger partial charge >= 0.3 is 5.69 Å². The van der Waals surface area contributed by atoms with Gasteiger partial charge in [-0.25, -0.2) is 4.79 Å². The molecule has 0 aliphatic carbocycles. The lowest BCUT2D eigenvalue weighted by Gasteiger charge is -2.13. The van der Waals surface area contributed by atoms with E-state index >= 15 is 0 Å². The Balaban J connectivity index is 1.91. The predicted molar refractivity (Wildman–Crippen MR) is 122 cm³/mol. The molecule has 0 amide bonds. The fourth-order valence-corrected chi connectivity index (χ4v) is 3.70. The van der Waals surface area contributed by atoms with E-state index < -0.39 is 5.69 Å². The third kappa shape index (κ3) is 4.49. The quantitative estimate of drug-likeness (QED) is 0.474. The molecule has 5 heteroatoms. The van der Waals surface area contributed by atoms with Crippen molar-refractivity contribution in [2.24, 2.45) is 0 Å². The zero-order chi connectivity index (χ0) is 21.8. The van der Waals surface area contributed by atoms with Crippen molar-refractivity contribution in [1.29, 1.82) is 5.26 Å². The van der Waals surface area contributed by atoms with Crippen LogP contribution in [0, 0.1) is 11.3 Å². The molecule has 0 fully saturated rings. The van der Waals surface area contributed by atoms with Crippen molar-refractivity contribution < 1.29 is 4.74 Å². The van der Waals surface area contributed by atoms with Crippen molar-refractivity contribution in [1.82, 2.24) is 9.97 Å². The molecular formula is C26H23N3O2. The fraction of sp³-hybridized carbons (Fsp3) is 0.192. The van der Waals surface area contributed by atoms with E-state index in [0.717, 1.165) is 22.1 Å². The predicted octanol–water partition coefficient (Wildman–Crippen LogP) is 5.21. The van der Waals surface area contributed by atoms with Gasteiger partial charge in [-0.05, 0) is 46.7 Å². The highest BCUT2D eigenvalue weighted by Crippen LogP contribution is 2.32. The van der Waals surface area contributed by atoms with Crippen LogP contribution in [0.5, 0.6) is 5.75 Å². The van der Waals surface area contributed by atoms with Crippen LogP contribution in [0.3, 0.4) is 0 Å². The molecule has 0 unspecified atom stereocenters. The van der Waals surface area contributed by atoms with Gasteiger partial charge in [0.15, 0.2) is 6.61 Å². The number of nitrogens with one attached hydrogen (secondary N) is 1. The minimum absolute atomic E-state index is 0.0501. The van der Waals surface area contributed by atoms with Gasteiger partial charge < -0.3 is 9.72 Å². The second kappa shape index (κ2) is 8.85. The van der Waals surface area contributed by atoms with Crippen LogP contribution in [-0.4, -0.2) is 16.6 Å². The summed E-state index contributed by atoms with van der Waals surface area (Å²) in [6.07, 6.45) is 0.600. The maximum Gasteiger partial charge on any atom is 0.345 e. The van der Waals surface area contributed by atoms with E-state index in [9.17, 15) is 4.79 Å². The number of benzene rings is 3. The first-order valence-corrected chi connectivity index (χ1v) is 10.3. The van der Waals surface area contributed by atoms with Crippen LogP contribution in [0.25, 0.3) is 22.2 Å². The molecule has 0 radical (unpaired) electrons. The summed E-state index contributed by atoms with van der Waals surface area (Å²) in [5.41, 5.74) is 5.05. The Morgan fingerprint density at radius 2 is 1.81 bits per heavy atom. The molecule has 0 bridgehead atoms. The minimum Gasteiger partial charge on any atom is -0.479 e. The summed E-state index contributed by atoms with van der Waals surface area (Å²) in [7, 11) is 0. The molecule has 0 aliphatic heterocycles. The number of nitriles is 1.